The molecule has 32 heavy (non-hydrogen) atoms. The van der Waals surface area contributed by atoms with Crippen molar-refractivity contribution >= 4 is 17.4 Å². The first-order chi connectivity index (χ1) is 15.5. The Labute approximate surface area is 186 Å². The minimum absolute atomic E-state index is 0.316. The Morgan fingerprint density at radius 2 is 1.72 bits per heavy atom. The zero-order valence-corrected chi connectivity index (χ0v) is 17.7. The number of carbonyl (C=O) groups is 2. The van der Waals surface area contributed by atoms with Gasteiger partial charge in [0.25, 0.3) is 5.91 Å². The van der Waals surface area contributed by atoms with E-state index in [-0.39, 0.29) is 12.2 Å². The number of carbonyl (C=O) groups excluding carboxylic acids is 2. The molecule has 5 rings (SSSR count). The minimum atomic E-state index is -1.92. The van der Waals surface area contributed by atoms with Gasteiger partial charge in [-0.1, -0.05) is 48.0 Å². The Bertz CT molecular complexity index is 1200. The number of hydrogen-bond acceptors (Lipinski definition) is 5. The lowest BCUT2D eigenvalue weighted by atomic mass is 9.88. The van der Waals surface area contributed by atoms with Crippen LogP contribution in [0.2, 0.25) is 0 Å². The summed E-state index contributed by atoms with van der Waals surface area (Å²) in [6, 6.07) is 19.9. The summed E-state index contributed by atoms with van der Waals surface area (Å²) in [5.74, 6) is 0.237. The smallest absolute Gasteiger partial charge is 0.264 e. The summed E-state index contributed by atoms with van der Waals surface area (Å²) < 4.78 is 11.1. The second kappa shape index (κ2) is 7.80. The van der Waals surface area contributed by atoms with Crippen LogP contribution >= 0.6 is 0 Å². The summed E-state index contributed by atoms with van der Waals surface area (Å²) in [6.45, 7) is 3.19. The lowest BCUT2D eigenvalue weighted by Gasteiger charge is -2.23. The number of rotatable bonds is 5. The van der Waals surface area contributed by atoms with E-state index in [2.05, 4.69) is 0 Å². The third-order valence-corrected chi connectivity index (χ3v) is 5.98. The average Bonchev–Trinajstić information content (AvgIpc) is 3.02. The minimum Gasteiger partial charge on any atom is -0.486 e. The molecule has 1 N–H and O–H groups in total. The first kappa shape index (κ1) is 20.3. The van der Waals surface area contributed by atoms with E-state index in [9.17, 15) is 14.7 Å². The number of ether oxygens (including phenoxy) is 2. The highest BCUT2D eigenvalue weighted by Gasteiger charge is 2.50. The summed E-state index contributed by atoms with van der Waals surface area (Å²) >= 11 is 0. The van der Waals surface area contributed by atoms with Gasteiger partial charge >= 0.3 is 0 Å². The van der Waals surface area contributed by atoms with Crippen molar-refractivity contribution in [3.8, 4) is 11.5 Å². The molecule has 1 amide bonds. The molecule has 0 saturated carbocycles. The predicted molar refractivity (Wildman–Crippen MR) is 119 cm³/mol. The maximum atomic E-state index is 13.4. The van der Waals surface area contributed by atoms with Gasteiger partial charge in [-0.15, -0.1) is 0 Å². The van der Waals surface area contributed by atoms with Gasteiger partial charge < -0.3 is 19.5 Å². The van der Waals surface area contributed by atoms with Crippen molar-refractivity contribution in [2.75, 3.05) is 18.1 Å². The van der Waals surface area contributed by atoms with Crippen LogP contribution in [-0.2, 0) is 16.9 Å². The molecule has 0 spiro atoms. The molecular weight excluding hydrogens is 406 g/mol. The van der Waals surface area contributed by atoms with Gasteiger partial charge in [0, 0.05) is 11.1 Å². The monoisotopic (exact) mass is 429 g/mol. The lowest BCUT2D eigenvalue weighted by molar-refractivity contribution is -0.136. The van der Waals surface area contributed by atoms with E-state index in [1.54, 1.807) is 41.3 Å². The number of para-hydroxylation sites is 1. The van der Waals surface area contributed by atoms with Crippen LogP contribution in [0.15, 0.2) is 66.7 Å². The molecule has 0 saturated heterocycles. The molecule has 0 aromatic heterocycles. The highest BCUT2D eigenvalue weighted by molar-refractivity contribution is 6.10. The van der Waals surface area contributed by atoms with Crippen LogP contribution in [0.3, 0.4) is 0 Å². The fourth-order valence-electron chi connectivity index (χ4n) is 4.26. The molecule has 0 radical (unpaired) electrons. The molecule has 3 aromatic carbocycles. The van der Waals surface area contributed by atoms with Gasteiger partial charge in [0.2, 0.25) is 0 Å². The number of amides is 1. The SMILES string of the molecule is Cc1ccc(CN2C(=O)[C@@](O)(CC(=O)c3ccc4c(c3)OCCO4)c3ccccc32)cc1. The molecule has 2 aliphatic rings. The number of benzene rings is 3. The Balaban J connectivity index is 1.44. The van der Waals surface area contributed by atoms with Gasteiger partial charge in [0.15, 0.2) is 22.9 Å². The summed E-state index contributed by atoms with van der Waals surface area (Å²) in [6.07, 6.45) is -0.354. The standard InChI is InChI=1S/C26H23NO5/c1-17-6-8-18(9-7-17)16-27-21-5-3-2-4-20(21)26(30,25(27)29)15-22(28)19-10-11-23-24(14-19)32-13-12-31-23/h2-11,14,30H,12-13,15-16H2,1H3/t26-/m1/s1. The number of anilines is 1. The van der Waals surface area contributed by atoms with Crippen molar-refractivity contribution in [2.45, 2.75) is 25.5 Å². The highest BCUT2D eigenvalue weighted by atomic mass is 16.6. The quantitative estimate of drug-likeness (QED) is 0.625. The first-order valence-corrected chi connectivity index (χ1v) is 10.6. The van der Waals surface area contributed by atoms with E-state index in [4.69, 9.17) is 9.47 Å². The van der Waals surface area contributed by atoms with Crippen molar-refractivity contribution in [2.24, 2.45) is 0 Å². The van der Waals surface area contributed by atoms with E-state index >= 15 is 0 Å². The van der Waals surface area contributed by atoms with Crippen molar-refractivity contribution < 1.29 is 24.2 Å². The molecule has 0 bridgehead atoms. The molecule has 1 atom stereocenters. The lowest BCUT2D eigenvalue weighted by Crippen LogP contribution is -2.41. The molecule has 6 nitrogen and oxygen atoms in total. The number of hydrogen-bond donors (Lipinski definition) is 1. The topological polar surface area (TPSA) is 76.1 Å². The molecule has 0 unspecified atom stereocenters. The van der Waals surface area contributed by atoms with Gasteiger partial charge in [0.1, 0.15) is 13.2 Å². The largest absolute Gasteiger partial charge is 0.486 e. The third kappa shape index (κ3) is 3.42. The van der Waals surface area contributed by atoms with Crippen LogP contribution < -0.4 is 14.4 Å². The van der Waals surface area contributed by atoms with E-state index in [1.165, 1.54) is 0 Å². The maximum Gasteiger partial charge on any atom is 0.264 e. The number of nitrogens with zero attached hydrogens (tertiary/aromatic N) is 1. The van der Waals surface area contributed by atoms with Gasteiger partial charge in [0.05, 0.1) is 18.7 Å². The van der Waals surface area contributed by atoms with Crippen molar-refractivity contribution in [3.63, 3.8) is 0 Å². The van der Waals surface area contributed by atoms with E-state index in [0.717, 1.165) is 11.1 Å². The molecule has 6 heteroatoms. The van der Waals surface area contributed by atoms with Gasteiger partial charge in [-0.05, 0) is 36.8 Å². The van der Waals surface area contributed by atoms with Gasteiger partial charge in [-0.2, -0.15) is 0 Å². The fraction of sp³-hybridized carbons (Fsp3) is 0.231. The molecule has 3 aromatic rings. The number of Topliss-reactive ketones (excluding diaryl/α,β-unsaturated/α-hetero) is 1. The normalized spacial score (nSPS) is 19.1. The van der Waals surface area contributed by atoms with Crippen molar-refractivity contribution in [3.05, 3.63) is 89.0 Å². The second-order valence-electron chi connectivity index (χ2n) is 8.21. The van der Waals surface area contributed by atoms with Crippen LogP contribution in [0.5, 0.6) is 11.5 Å². The number of fused-ring (bicyclic) bond motifs is 2. The molecule has 162 valence electrons. The van der Waals surface area contributed by atoms with Gasteiger partial charge in [-0.25, -0.2) is 0 Å². The Kier molecular flexibility index (Phi) is 4.94. The third-order valence-electron chi connectivity index (χ3n) is 5.98. The molecule has 0 aliphatic carbocycles. The first-order valence-electron chi connectivity index (χ1n) is 10.6. The van der Waals surface area contributed by atoms with Crippen molar-refractivity contribution in [1.82, 2.24) is 0 Å². The van der Waals surface area contributed by atoms with Crippen LogP contribution in [0.25, 0.3) is 0 Å². The van der Waals surface area contributed by atoms with Crippen LogP contribution in [0, 0.1) is 6.92 Å². The Morgan fingerprint density at radius 3 is 2.50 bits per heavy atom. The fourth-order valence-corrected chi connectivity index (χ4v) is 4.26. The predicted octanol–water partition coefficient (Wildman–Crippen LogP) is 3.77. The zero-order chi connectivity index (χ0) is 22.3. The van der Waals surface area contributed by atoms with E-state index < -0.39 is 11.5 Å². The Morgan fingerprint density at radius 1 is 1.00 bits per heavy atom. The van der Waals surface area contributed by atoms with Crippen LogP contribution in [0.4, 0.5) is 5.69 Å². The van der Waals surface area contributed by atoms with E-state index in [1.807, 2.05) is 37.3 Å². The summed E-state index contributed by atoms with van der Waals surface area (Å²) in [5.41, 5.74) is 1.58. The molecule has 2 aliphatic heterocycles. The van der Waals surface area contributed by atoms with Gasteiger partial charge in [-0.3, -0.25) is 9.59 Å². The van der Waals surface area contributed by atoms with E-state index in [0.29, 0.717) is 48.1 Å². The molecule has 0 fully saturated rings. The number of aliphatic hydroxyl groups is 1. The number of ketones is 1. The molecule has 2 heterocycles. The van der Waals surface area contributed by atoms with Crippen LogP contribution in [0.1, 0.15) is 33.5 Å². The highest BCUT2D eigenvalue weighted by Crippen LogP contribution is 2.44. The summed E-state index contributed by atoms with van der Waals surface area (Å²) in [4.78, 5) is 28.1. The average molecular weight is 429 g/mol. The summed E-state index contributed by atoms with van der Waals surface area (Å²) in [7, 11) is 0. The number of aryl methyl sites for hydroxylation is 1. The summed E-state index contributed by atoms with van der Waals surface area (Å²) in [5, 5.41) is 11.5. The maximum absolute atomic E-state index is 13.4. The zero-order valence-electron chi connectivity index (χ0n) is 17.7. The second-order valence-corrected chi connectivity index (χ2v) is 8.21. The Hall–Kier alpha value is -3.64. The molecular formula is C26H23NO5. The van der Waals surface area contributed by atoms with Crippen LogP contribution in [-0.4, -0.2) is 30.0 Å². The van der Waals surface area contributed by atoms with Crippen molar-refractivity contribution in [1.29, 1.82) is 0 Å².